The Balaban J connectivity index is 3.82. The van der Waals surface area contributed by atoms with Crippen LogP contribution < -0.4 is 0 Å². The minimum atomic E-state index is 0.393. The lowest BCUT2D eigenvalue weighted by molar-refractivity contribution is -0.116. The molecular formula is C14H29OS+. The first kappa shape index (κ1) is 16.0. The van der Waals surface area contributed by atoms with E-state index in [1.165, 1.54) is 37.2 Å². The van der Waals surface area contributed by atoms with Crippen molar-refractivity contribution in [3.05, 3.63) is 0 Å². The predicted octanol–water partition coefficient (Wildman–Crippen LogP) is 3.96. The normalized spacial score (nSPS) is 11.0. The van der Waals surface area contributed by atoms with Gasteiger partial charge in [0.1, 0.15) is 11.5 Å². The van der Waals surface area contributed by atoms with Crippen LogP contribution in [0.15, 0.2) is 0 Å². The SMILES string of the molecule is CCCCC(=O)C[S+](CCCC)CCCC. The van der Waals surface area contributed by atoms with Crippen molar-refractivity contribution in [1.82, 2.24) is 0 Å². The minimum Gasteiger partial charge on any atom is -0.294 e. The van der Waals surface area contributed by atoms with Gasteiger partial charge in [-0.2, -0.15) is 0 Å². The zero-order valence-corrected chi connectivity index (χ0v) is 12.2. The highest BCUT2D eigenvalue weighted by atomic mass is 32.2. The van der Waals surface area contributed by atoms with Crippen LogP contribution in [-0.2, 0) is 15.7 Å². The van der Waals surface area contributed by atoms with Crippen molar-refractivity contribution in [3.63, 3.8) is 0 Å². The lowest BCUT2D eigenvalue weighted by Gasteiger charge is -2.07. The van der Waals surface area contributed by atoms with Crippen molar-refractivity contribution in [2.45, 2.75) is 65.7 Å². The van der Waals surface area contributed by atoms with E-state index < -0.39 is 0 Å². The van der Waals surface area contributed by atoms with Gasteiger partial charge in [-0.05, 0) is 30.2 Å². The number of ketones is 1. The first-order valence-electron chi connectivity index (χ1n) is 6.90. The van der Waals surface area contributed by atoms with E-state index >= 15 is 0 Å². The fourth-order valence-electron chi connectivity index (χ4n) is 1.62. The molecule has 0 saturated heterocycles. The van der Waals surface area contributed by atoms with Crippen molar-refractivity contribution < 1.29 is 4.79 Å². The van der Waals surface area contributed by atoms with Crippen LogP contribution in [0.2, 0.25) is 0 Å². The molecule has 0 aromatic heterocycles. The largest absolute Gasteiger partial charge is 0.294 e. The van der Waals surface area contributed by atoms with Gasteiger partial charge in [0.2, 0.25) is 0 Å². The van der Waals surface area contributed by atoms with Gasteiger partial charge >= 0.3 is 0 Å². The van der Waals surface area contributed by atoms with Crippen LogP contribution in [0.25, 0.3) is 0 Å². The number of Topliss-reactive ketones (excluding diaryl/α,β-unsaturated/α-hetero) is 1. The third kappa shape index (κ3) is 9.26. The van der Waals surface area contributed by atoms with Crippen LogP contribution in [-0.4, -0.2) is 23.0 Å². The van der Waals surface area contributed by atoms with E-state index in [0.29, 0.717) is 16.7 Å². The maximum atomic E-state index is 11.7. The fraction of sp³-hybridized carbons (Fsp3) is 0.929. The maximum absolute atomic E-state index is 11.7. The maximum Gasteiger partial charge on any atom is 0.181 e. The predicted molar refractivity (Wildman–Crippen MR) is 76.3 cm³/mol. The molecule has 0 aliphatic carbocycles. The summed E-state index contributed by atoms with van der Waals surface area (Å²) in [5, 5.41) is 0. The Morgan fingerprint density at radius 3 is 1.81 bits per heavy atom. The molecule has 0 rings (SSSR count). The van der Waals surface area contributed by atoms with Crippen LogP contribution in [0.5, 0.6) is 0 Å². The molecule has 0 aromatic carbocycles. The van der Waals surface area contributed by atoms with E-state index in [2.05, 4.69) is 20.8 Å². The highest BCUT2D eigenvalue weighted by Crippen LogP contribution is 2.08. The van der Waals surface area contributed by atoms with E-state index in [1.54, 1.807) is 0 Å². The Morgan fingerprint density at radius 2 is 1.38 bits per heavy atom. The average molecular weight is 245 g/mol. The fourth-order valence-corrected chi connectivity index (χ4v) is 4.10. The van der Waals surface area contributed by atoms with E-state index in [9.17, 15) is 4.79 Å². The van der Waals surface area contributed by atoms with Gasteiger partial charge in [-0.15, -0.1) is 0 Å². The summed E-state index contributed by atoms with van der Waals surface area (Å²) in [7, 11) is 0.393. The smallest absolute Gasteiger partial charge is 0.181 e. The lowest BCUT2D eigenvalue weighted by atomic mass is 10.2. The molecule has 0 bridgehead atoms. The Morgan fingerprint density at radius 1 is 0.875 bits per heavy atom. The number of rotatable bonds is 11. The van der Waals surface area contributed by atoms with Gasteiger partial charge in [-0.3, -0.25) is 4.79 Å². The average Bonchev–Trinajstić information content (AvgIpc) is 2.30. The monoisotopic (exact) mass is 245 g/mol. The van der Waals surface area contributed by atoms with Crippen LogP contribution >= 0.6 is 0 Å². The standard InChI is InChI=1S/C14H29OS/c1-4-7-10-14(15)13-16(11-8-5-2)12-9-6-3/h4-13H2,1-3H3/q+1. The molecule has 2 heteroatoms. The highest BCUT2D eigenvalue weighted by molar-refractivity contribution is 7.97. The van der Waals surface area contributed by atoms with Gasteiger partial charge in [-0.1, -0.05) is 40.0 Å². The van der Waals surface area contributed by atoms with Gasteiger partial charge in [0, 0.05) is 6.42 Å². The zero-order valence-electron chi connectivity index (χ0n) is 11.4. The second kappa shape index (κ2) is 11.5. The highest BCUT2D eigenvalue weighted by Gasteiger charge is 2.20. The molecule has 96 valence electrons. The molecule has 0 radical (unpaired) electrons. The molecule has 0 unspecified atom stereocenters. The molecule has 0 N–H and O–H groups in total. The van der Waals surface area contributed by atoms with E-state index in [0.717, 1.165) is 25.0 Å². The summed E-state index contributed by atoms with van der Waals surface area (Å²) >= 11 is 0. The zero-order chi connectivity index (χ0) is 12.2. The summed E-state index contributed by atoms with van der Waals surface area (Å²) in [5.41, 5.74) is 0. The van der Waals surface area contributed by atoms with Gasteiger partial charge < -0.3 is 0 Å². The third-order valence-electron chi connectivity index (χ3n) is 2.75. The molecule has 0 fully saturated rings. The molecule has 0 aromatic rings. The van der Waals surface area contributed by atoms with E-state index in [1.807, 2.05) is 0 Å². The molecule has 0 aliphatic heterocycles. The van der Waals surface area contributed by atoms with Crippen molar-refractivity contribution in [2.75, 3.05) is 17.3 Å². The molecule has 0 heterocycles. The van der Waals surface area contributed by atoms with Crippen LogP contribution in [0, 0.1) is 0 Å². The Labute approximate surface area is 105 Å². The number of hydrogen-bond acceptors (Lipinski definition) is 1. The van der Waals surface area contributed by atoms with Crippen molar-refractivity contribution in [3.8, 4) is 0 Å². The number of unbranched alkanes of at least 4 members (excludes halogenated alkanes) is 3. The Bertz CT molecular complexity index is 160. The number of hydrogen-bond donors (Lipinski definition) is 0. The second-order valence-corrected chi connectivity index (χ2v) is 6.84. The molecule has 0 spiro atoms. The van der Waals surface area contributed by atoms with Gasteiger partial charge in [-0.25, -0.2) is 0 Å². The van der Waals surface area contributed by atoms with Gasteiger partial charge in [0.25, 0.3) is 0 Å². The second-order valence-electron chi connectivity index (χ2n) is 4.51. The van der Waals surface area contributed by atoms with Crippen LogP contribution in [0.3, 0.4) is 0 Å². The molecule has 0 aliphatic rings. The van der Waals surface area contributed by atoms with Crippen LogP contribution in [0.1, 0.15) is 65.7 Å². The summed E-state index contributed by atoms with van der Waals surface area (Å²) in [6.07, 6.45) is 8.17. The summed E-state index contributed by atoms with van der Waals surface area (Å²) in [4.78, 5) is 11.7. The quantitative estimate of drug-likeness (QED) is 0.504. The van der Waals surface area contributed by atoms with Crippen molar-refractivity contribution in [1.29, 1.82) is 0 Å². The first-order valence-corrected chi connectivity index (χ1v) is 8.63. The third-order valence-corrected chi connectivity index (χ3v) is 5.21. The summed E-state index contributed by atoms with van der Waals surface area (Å²) in [6.45, 7) is 6.63. The summed E-state index contributed by atoms with van der Waals surface area (Å²) in [6, 6.07) is 0. The minimum absolute atomic E-state index is 0.393. The molecule has 0 amide bonds. The van der Waals surface area contributed by atoms with E-state index in [4.69, 9.17) is 0 Å². The Kier molecular flexibility index (Phi) is 11.5. The molecule has 1 nitrogen and oxygen atoms in total. The number of carbonyl (C=O) groups is 1. The topological polar surface area (TPSA) is 17.1 Å². The first-order chi connectivity index (χ1) is 7.74. The number of carbonyl (C=O) groups excluding carboxylic acids is 1. The summed E-state index contributed by atoms with van der Waals surface area (Å²) in [5.74, 6) is 3.96. The van der Waals surface area contributed by atoms with Crippen molar-refractivity contribution in [2.24, 2.45) is 0 Å². The lowest BCUT2D eigenvalue weighted by Crippen LogP contribution is -2.22. The Hall–Kier alpha value is 0.0200. The molecule has 16 heavy (non-hydrogen) atoms. The van der Waals surface area contributed by atoms with Crippen LogP contribution in [0.4, 0.5) is 0 Å². The molecule has 0 saturated carbocycles. The van der Waals surface area contributed by atoms with Crippen molar-refractivity contribution >= 4 is 16.7 Å². The van der Waals surface area contributed by atoms with Gasteiger partial charge in [0.05, 0.1) is 0 Å². The summed E-state index contributed by atoms with van der Waals surface area (Å²) < 4.78 is 0. The van der Waals surface area contributed by atoms with Gasteiger partial charge in [0.15, 0.2) is 11.5 Å². The molecule has 0 atom stereocenters. The van der Waals surface area contributed by atoms with E-state index in [-0.39, 0.29) is 0 Å². The molecular weight excluding hydrogens is 216 g/mol.